The Labute approximate surface area is 807 Å². The fourth-order valence-electron chi connectivity index (χ4n) is 19.6. The van der Waals surface area contributed by atoms with Crippen LogP contribution < -0.4 is 0 Å². The number of hydrogen-bond acceptors (Lipinski definition) is 25. The maximum atomic E-state index is 12.4. The Hall–Kier alpha value is -5.99. The molecular formula is C108H188O26. The maximum Gasteiger partial charge on any atom is 0.347 e. The highest BCUT2D eigenvalue weighted by Crippen LogP contribution is 2.63. The zero-order valence-corrected chi connectivity index (χ0v) is 88.8. The highest BCUT2D eigenvalue weighted by molar-refractivity contribution is 5.84. The first kappa shape index (κ1) is 120. The molecule has 0 aromatic rings. The molecule has 2 aliphatic heterocycles. The lowest BCUT2D eigenvalue weighted by atomic mass is 9.50. The molecule has 14 fully saturated rings. The topological polar surface area (TPSA) is 381 Å². The third-order valence-corrected chi connectivity index (χ3v) is 32.0. The molecule has 2 heterocycles. The Bertz CT molecular complexity index is 3570. The molecule has 776 valence electrons. The molecule has 26 nitrogen and oxygen atoms in total. The van der Waals surface area contributed by atoms with E-state index in [1.807, 2.05) is 138 Å². The number of carboxylic acid groups (broad SMARTS) is 1. The van der Waals surface area contributed by atoms with Crippen LogP contribution in [0, 0.1) is 67.5 Å². The summed E-state index contributed by atoms with van der Waals surface area (Å²) in [7, 11) is 0. The van der Waals surface area contributed by atoms with Gasteiger partial charge in [0.05, 0.1) is 85.4 Å². The van der Waals surface area contributed by atoms with Crippen molar-refractivity contribution in [2.24, 2.45) is 67.5 Å². The van der Waals surface area contributed by atoms with Gasteiger partial charge in [-0.2, -0.15) is 0 Å². The summed E-state index contributed by atoms with van der Waals surface area (Å²) in [5.74, 6) is -1.73. The predicted molar refractivity (Wildman–Crippen MR) is 516 cm³/mol. The van der Waals surface area contributed by atoms with Gasteiger partial charge in [0.25, 0.3) is 0 Å². The number of carbonyl (C=O) groups is 11. The molecule has 0 radical (unpaired) electrons. The first-order chi connectivity index (χ1) is 61.9. The van der Waals surface area contributed by atoms with Crippen LogP contribution in [-0.4, -0.2) is 174 Å². The quantitative estimate of drug-likeness (QED) is 0.0359. The molecule has 0 amide bonds. The van der Waals surface area contributed by atoms with Crippen molar-refractivity contribution in [3.63, 3.8) is 0 Å². The van der Waals surface area contributed by atoms with E-state index in [-0.39, 0.29) is 111 Å². The van der Waals surface area contributed by atoms with E-state index in [9.17, 15) is 73.2 Å². The van der Waals surface area contributed by atoms with E-state index in [0.717, 1.165) is 128 Å². The molecule has 8 bridgehead atoms. The number of rotatable bonds is 28. The largest absolute Gasteiger partial charge is 0.481 e. The van der Waals surface area contributed by atoms with Gasteiger partial charge in [-0.3, -0.25) is 43.2 Å². The summed E-state index contributed by atoms with van der Waals surface area (Å²) in [6.07, 6.45) is 37.8. The standard InChI is InChI=1S/2C16H26O4.C15H28O2.C13H24O2.C12H22O2.C11H20O2.2C10H16O4.C5H10O2/c2*1-4-13(2,3)12(17)20-16-7-11-5-14(18,9-16)8-15(19,6-11)10-16;1-6-14(2,3)13(16)17-15(4,5)12-10-8-7-9-11-12;1-5-12(3,4)11(14)15-13(6-2)9-7-8-10-13;1-4-12(2,3)11(13)14-10-8-6-5-7-9-10;1-3-9(2)11(12)13-10-7-5-4-6-8-10;2*1-4-10(2,3)9(12)14-7-5-6-13-8(7)11;1-3-4(2)5(6)7/h2*11,18-19H,4-10H2,1-3H3;12H,6-11H2,1-5H3;5-10H2,1-4H3;10H,4-9H2,1-3H3;9-10H,3-8H2,1-2H3;2*7H,4-6H2,1-3H3;4H,3H2,1-2H3,(H,6,7). The average molecular weight is 1900 g/mol. The monoisotopic (exact) mass is 1900 g/mol. The molecule has 134 heavy (non-hydrogen) atoms. The van der Waals surface area contributed by atoms with Crippen LogP contribution in [0.5, 0.6) is 0 Å². The summed E-state index contributed by atoms with van der Waals surface area (Å²) in [6.45, 7) is 54.9. The van der Waals surface area contributed by atoms with Gasteiger partial charge in [0, 0.05) is 51.4 Å². The SMILES string of the molecule is CCC(C)(C)C(=O)OC(C)(C)C1CCCCC1.CCC(C)(C)C(=O)OC12CC3CC(O)(CC(O)(C3)C1)C2.CCC(C)(C)C(=O)OC12CC3CC(O)(CC(O)(C3)C1)C2.CCC(C)(C)C(=O)OC1CCCCC1.CCC(C)(C)C(=O)OC1CCOC1=O.CCC(C)(C)C(=O)OC1CCOC1=O.CCC(C)C(=O)O.CCC(C)C(=O)OC1CCCCC1.CCC1(OC(=O)C(C)(C)CC)CCCC1. The zero-order chi connectivity index (χ0) is 102. The van der Waals surface area contributed by atoms with E-state index in [1.165, 1.54) is 83.5 Å². The number of aliphatic hydroxyl groups is 4. The van der Waals surface area contributed by atoms with Crippen LogP contribution in [0.2, 0.25) is 0 Å². The highest BCUT2D eigenvalue weighted by atomic mass is 16.6. The predicted octanol–water partition coefficient (Wildman–Crippen LogP) is 22.2. The van der Waals surface area contributed by atoms with Crippen LogP contribution in [0.4, 0.5) is 0 Å². The van der Waals surface area contributed by atoms with Gasteiger partial charge in [-0.05, 0) is 321 Å². The number of ether oxygens (including phenoxy) is 10. The lowest BCUT2D eigenvalue weighted by molar-refractivity contribution is -0.265. The van der Waals surface area contributed by atoms with Gasteiger partial charge >= 0.3 is 65.7 Å². The molecule has 14 aliphatic rings. The van der Waals surface area contributed by atoms with Crippen molar-refractivity contribution in [3.05, 3.63) is 0 Å². The summed E-state index contributed by atoms with van der Waals surface area (Å²) >= 11 is 0. The van der Waals surface area contributed by atoms with Crippen molar-refractivity contribution in [2.75, 3.05) is 13.2 Å². The molecule has 8 unspecified atom stereocenters. The minimum Gasteiger partial charge on any atom is -0.481 e. The summed E-state index contributed by atoms with van der Waals surface area (Å²) in [5, 5.41) is 50.8. The van der Waals surface area contributed by atoms with Gasteiger partial charge in [0.1, 0.15) is 34.6 Å². The van der Waals surface area contributed by atoms with Gasteiger partial charge in [-0.25, -0.2) is 9.59 Å². The number of aliphatic carboxylic acids is 1. The van der Waals surface area contributed by atoms with Crippen LogP contribution in [0.3, 0.4) is 0 Å². The molecule has 12 aliphatic carbocycles. The van der Waals surface area contributed by atoms with Crippen molar-refractivity contribution in [1.29, 1.82) is 0 Å². The summed E-state index contributed by atoms with van der Waals surface area (Å²) in [4.78, 5) is 127. The van der Waals surface area contributed by atoms with E-state index in [2.05, 4.69) is 20.8 Å². The van der Waals surface area contributed by atoms with Crippen molar-refractivity contribution in [2.45, 2.75) is 539 Å². The first-order valence-electron chi connectivity index (χ1n) is 52.1. The van der Waals surface area contributed by atoms with E-state index >= 15 is 0 Å². The first-order valence-corrected chi connectivity index (χ1v) is 52.1. The van der Waals surface area contributed by atoms with Gasteiger partial charge in [0.15, 0.2) is 0 Å². The highest BCUT2D eigenvalue weighted by Gasteiger charge is 2.67. The van der Waals surface area contributed by atoms with E-state index in [1.54, 1.807) is 34.6 Å². The molecule has 2 saturated heterocycles. The van der Waals surface area contributed by atoms with Crippen molar-refractivity contribution in [3.8, 4) is 0 Å². The van der Waals surface area contributed by atoms with Crippen LogP contribution in [0.25, 0.3) is 0 Å². The molecule has 0 aromatic heterocycles. The number of cyclic esters (lactones) is 2. The number of carbonyl (C=O) groups excluding carboxylic acids is 10. The third kappa shape index (κ3) is 36.3. The second-order valence-electron chi connectivity index (χ2n) is 47.2. The second-order valence-corrected chi connectivity index (χ2v) is 47.2. The van der Waals surface area contributed by atoms with Gasteiger partial charge in [0.2, 0.25) is 12.2 Å². The molecule has 5 N–H and O–H groups in total. The maximum absolute atomic E-state index is 12.4. The number of carboxylic acids is 1. The lowest BCUT2D eigenvalue weighted by Gasteiger charge is -2.62. The minimum absolute atomic E-state index is 0.00519. The fraction of sp³-hybridized carbons (Fsp3) is 0.898. The van der Waals surface area contributed by atoms with Gasteiger partial charge in [-0.1, -0.05) is 115 Å². The van der Waals surface area contributed by atoms with Crippen LogP contribution >= 0.6 is 0 Å². The van der Waals surface area contributed by atoms with Crippen LogP contribution in [0.15, 0.2) is 0 Å². The average Bonchev–Trinajstić information content (AvgIpc) is 0.771. The second kappa shape index (κ2) is 50.9. The summed E-state index contributed by atoms with van der Waals surface area (Å²) in [6, 6.07) is 0. The van der Waals surface area contributed by atoms with Gasteiger partial charge < -0.3 is 72.9 Å². The number of hydrogen-bond donors (Lipinski definition) is 5. The minimum atomic E-state index is -0.842. The van der Waals surface area contributed by atoms with Crippen LogP contribution in [-0.2, 0) is 100 Å². The van der Waals surface area contributed by atoms with E-state index in [0.29, 0.717) is 83.3 Å². The smallest absolute Gasteiger partial charge is 0.347 e. The Balaban J connectivity index is 0.000000318. The molecule has 0 aromatic carbocycles. The fourth-order valence-corrected chi connectivity index (χ4v) is 19.6. The van der Waals surface area contributed by atoms with Gasteiger partial charge in [-0.15, -0.1) is 0 Å². The summed E-state index contributed by atoms with van der Waals surface area (Å²) in [5.41, 5.74) is -8.15. The molecule has 14 rings (SSSR count). The molecule has 12 saturated carbocycles. The third-order valence-electron chi connectivity index (χ3n) is 32.0. The van der Waals surface area contributed by atoms with Crippen molar-refractivity contribution in [1.82, 2.24) is 0 Å². The Morgan fingerprint density at radius 1 is 0.351 bits per heavy atom. The molecule has 26 heteroatoms. The Kier molecular flexibility index (Phi) is 45.7. The summed E-state index contributed by atoms with van der Waals surface area (Å²) < 4.78 is 53.8. The van der Waals surface area contributed by atoms with Crippen LogP contribution in [0.1, 0.15) is 470 Å². The molecule has 8 atom stereocenters. The Morgan fingerprint density at radius 2 is 0.642 bits per heavy atom. The lowest BCUT2D eigenvalue weighted by Crippen LogP contribution is -2.67. The normalized spacial score (nSPS) is 27.9. The zero-order valence-electron chi connectivity index (χ0n) is 88.8. The van der Waals surface area contributed by atoms with Crippen molar-refractivity contribution >= 4 is 65.7 Å². The number of esters is 10. The van der Waals surface area contributed by atoms with Crippen molar-refractivity contribution < 1.29 is 126 Å². The molecule has 0 spiro atoms. The van der Waals surface area contributed by atoms with E-state index < -0.39 is 85.4 Å². The Morgan fingerprint density at radius 3 is 0.918 bits per heavy atom. The van der Waals surface area contributed by atoms with E-state index in [4.69, 9.17) is 52.5 Å². The molecular weight excluding hydrogens is 1710 g/mol.